The minimum absolute atomic E-state index is 0.654. The standard InChI is InChI=1S/C15H21BrN2/c1-10-7-11(2)15(13(16)8-10)17-14-4-6-18-5-3-12(14)9-18/h7-8,12,14,17H,3-6,9H2,1-2H3. The highest BCUT2D eigenvalue weighted by molar-refractivity contribution is 9.10. The van der Waals surface area contributed by atoms with Crippen molar-refractivity contribution < 1.29 is 0 Å². The summed E-state index contributed by atoms with van der Waals surface area (Å²) >= 11 is 3.70. The number of nitrogens with one attached hydrogen (secondary N) is 1. The van der Waals surface area contributed by atoms with Crippen molar-refractivity contribution in [3.8, 4) is 0 Å². The van der Waals surface area contributed by atoms with Crippen LogP contribution < -0.4 is 5.32 Å². The van der Waals surface area contributed by atoms with E-state index in [0.717, 1.165) is 5.92 Å². The van der Waals surface area contributed by atoms with Gasteiger partial charge in [0.2, 0.25) is 0 Å². The maximum atomic E-state index is 3.80. The molecule has 1 aromatic rings. The minimum atomic E-state index is 0.654. The van der Waals surface area contributed by atoms with Crippen molar-refractivity contribution >= 4 is 21.6 Å². The Morgan fingerprint density at radius 2 is 2.00 bits per heavy atom. The third kappa shape index (κ3) is 2.30. The van der Waals surface area contributed by atoms with Gasteiger partial charge < -0.3 is 10.2 Å². The van der Waals surface area contributed by atoms with Gasteiger partial charge in [-0.1, -0.05) is 6.07 Å². The average molecular weight is 309 g/mol. The molecule has 1 N–H and O–H groups in total. The van der Waals surface area contributed by atoms with Crippen molar-refractivity contribution in [2.24, 2.45) is 5.92 Å². The van der Waals surface area contributed by atoms with E-state index in [0.29, 0.717) is 6.04 Å². The molecule has 2 fully saturated rings. The summed E-state index contributed by atoms with van der Waals surface area (Å²) in [5.74, 6) is 0.839. The molecule has 18 heavy (non-hydrogen) atoms. The van der Waals surface area contributed by atoms with Gasteiger partial charge in [-0.05, 0) is 72.3 Å². The lowest BCUT2D eigenvalue weighted by molar-refractivity contribution is 0.255. The molecule has 2 saturated heterocycles. The number of halogens is 1. The third-order valence-corrected chi connectivity index (χ3v) is 5.02. The number of nitrogens with zero attached hydrogens (tertiary/aromatic N) is 1. The first-order chi connectivity index (χ1) is 8.63. The average Bonchev–Trinajstić information content (AvgIpc) is 2.69. The molecule has 0 spiro atoms. The smallest absolute Gasteiger partial charge is 0.0516 e. The topological polar surface area (TPSA) is 15.3 Å². The lowest BCUT2D eigenvalue weighted by Crippen LogP contribution is -2.39. The Balaban J connectivity index is 1.80. The largest absolute Gasteiger partial charge is 0.381 e. The maximum Gasteiger partial charge on any atom is 0.0516 e. The molecular weight excluding hydrogens is 288 g/mol. The maximum absolute atomic E-state index is 3.80. The van der Waals surface area contributed by atoms with Gasteiger partial charge in [0.05, 0.1) is 5.69 Å². The SMILES string of the molecule is Cc1cc(C)c(NC2CCN3CCC2C3)c(Br)c1. The molecule has 1 aromatic carbocycles. The minimum Gasteiger partial charge on any atom is -0.381 e. The summed E-state index contributed by atoms with van der Waals surface area (Å²) in [5.41, 5.74) is 3.97. The first-order valence-corrected chi connectivity index (χ1v) is 7.68. The number of anilines is 1. The Hall–Kier alpha value is -0.540. The van der Waals surface area contributed by atoms with E-state index < -0.39 is 0 Å². The zero-order valence-corrected chi connectivity index (χ0v) is 12.8. The summed E-state index contributed by atoms with van der Waals surface area (Å²) in [4.78, 5) is 2.60. The van der Waals surface area contributed by atoms with Gasteiger partial charge in [0.1, 0.15) is 0 Å². The normalized spacial score (nSPS) is 30.5. The van der Waals surface area contributed by atoms with Crippen molar-refractivity contribution in [3.63, 3.8) is 0 Å². The molecule has 3 rings (SSSR count). The van der Waals surface area contributed by atoms with Crippen LogP contribution in [0.2, 0.25) is 0 Å². The molecule has 0 amide bonds. The molecule has 2 nitrogen and oxygen atoms in total. The van der Waals surface area contributed by atoms with E-state index in [2.05, 4.69) is 52.1 Å². The third-order valence-electron chi connectivity index (χ3n) is 4.40. The highest BCUT2D eigenvalue weighted by Crippen LogP contribution is 2.33. The predicted octanol–water partition coefficient (Wildman–Crippen LogP) is 3.57. The summed E-state index contributed by atoms with van der Waals surface area (Å²) < 4.78 is 1.21. The first-order valence-electron chi connectivity index (χ1n) is 6.89. The van der Waals surface area contributed by atoms with E-state index in [4.69, 9.17) is 0 Å². The molecule has 0 radical (unpaired) electrons. The summed E-state index contributed by atoms with van der Waals surface area (Å²) in [5, 5.41) is 3.80. The Morgan fingerprint density at radius 1 is 1.22 bits per heavy atom. The molecule has 0 saturated carbocycles. The molecule has 0 aliphatic carbocycles. The highest BCUT2D eigenvalue weighted by atomic mass is 79.9. The zero-order chi connectivity index (χ0) is 12.7. The second-order valence-electron chi connectivity index (χ2n) is 5.83. The molecule has 2 heterocycles. The molecule has 3 unspecified atom stereocenters. The van der Waals surface area contributed by atoms with Crippen LogP contribution in [0.25, 0.3) is 0 Å². The Kier molecular flexibility index (Phi) is 3.37. The van der Waals surface area contributed by atoms with Gasteiger partial charge in [-0.2, -0.15) is 0 Å². The van der Waals surface area contributed by atoms with Crippen LogP contribution in [-0.2, 0) is 0 Å². The number of aryl methyl sites for hydroxylation is 2. The summed E-state index contributed by atoms with van der Waals surface area (Å²) in [6.07, 6.45) is 2.64. The molecule has 2 bridgehead atoms. The Morgan fingerprint density at radius 3 is 2.78 bits per heavy atom. The van der Waals surface area contributed by atoms with E-state index in [9.17, 15) is 0 Å². The zero-order valence-electron chi connectivity index (χ0n) is 11.2. The van der Waals surface area contributed by atoms with Crippen LogP contribution in [0.4, 0.5) is 5.69 Å². The van der Waals surface area contributed by atoms with Gasteiger partial charge in [-0.15, -0.1) is 0 Å². The monoisotopic (exact) mass is 308 g/mol. The van der Waals surface area contributed by atoms with Gasteiger partial charge >= 0.3 is 0 Å². The van der Waals surface area contributed by atoms with Crippen LogP contribution in [-0.4, -0.2) is 30.6 Å². The van der Waals surface area contributed by atoms with Crippen LogP contribution in [0.15, 0.2) is 16.6 Å². The van der Waals surface area contributed by atoms with Crippen molar-refractivity contribution in [1.82, 2.24) is 4.90 Å². The highest BCUT2D eigenvalue weighted by Gasteiger charge is 2.34. The van der Waals surface area contributed by atoms with Crippen molar-refractivity contribution in [2.75, 3.05) is 25.0 Å². The van der Waals surface area contributed by atoms with Crippen LogP contribution in [0.1, 0.15) is 24.0 Å². The molecular formula is C15H21BrN2. The van der Waals surface area contributed by atoms with Gasteiger partial charge in [-0.25, -0.2) is 0 Å². The van der Waals surface area contributed by atoms with Crippen molar-refractivity contribution in [3.05, 3.63) is 27.7 Å². The van der Waals surface area contributed by atoms with Gasteiger partial charge in [0.25, 0.3) is 0 Å². The fraction of sp³-hybridized carbons (Fsp3) is 0.600. The molecule has 98 valence electrons. The predicted molar refractivity (Wildman–Crippen MR) is 80.2 cm³/mol. The number of hydrogen-bond donors (Lipinski definition) is 1. The Bertz CT molecular complexity index is 435. The fourth-order valence-corrected chi connectivity index (χ4v) is 4.21. The summed E-state index contributed by atoms with van der Waals surface area (Å²) in [7, 11) is 0. The quantitative estimate of drug-likeness (QED) is 0.898. The fourth-order valence-electron chi connectivity index (χ4n) is 3.43. The second kappa shape index (κ2) is 4.86. The summed E-state index contributed by atoms with van der Waals surface area (Å²) in [6.45, 7) is 8.20. The van der Waals surface area contributed by atoms with Gasteiger partial charge in [0, 0.05) is 23.6 Å². The first kappa shape index (κ1) is 12.5. The van der Waals surface area contributed by atoms with E-state index in [1.165, 1.54) is 53.8 Å². The van der Waals surface area contributed by atoms with Gasteiger partial charge in [0.15, 0.2) is 0 Å². The van der Waals surface area contributed by atoms with E-state index >= 15 is 0 Å². The Labute approximate surface area is 118 Å². The molecule has 3 atom stereocenters. The molecule has 2 aliphatic rings. The van der Waals surface area contributed by atoms with E-state index in [-0.39, 0.29) is 0 Å². The lowest BCUT2D eigenvalue weighted by atomic mass is 9.93. The number of piperidine rings is 1. The van der Waals surface area contributed by atoms with E-state index in [1.807, 2.05) is 0 Å². The number of hydrogen-bond acceptors (Lipinski definition) is 2. The lowest BCUT2D eigenvalue weighted by Gasteiger charge is -2.32. The molecule has 0 aromatic heterocycles. The van der Waals surface area contributed by atoms with Crippen LogP contribution in [0, 0.1) is 19.8 Å². The van der Waals surface area contributed by atoms with Crippen molar-refractivity contribution in [2.45, 2.75) is 32.7 Å². The molecule has 3 heteroatoms. The number of rotatable bonds is 2. The van der Waals surface area contributed by atoms with Crippen LogP contribution >= 0.6 is 15.9 Å². The van der Waals surface area contributed by atoms with E-state index in [1.54, 1.807) is 0 Å². The second-order valence-corrected chi connectivity index (χ2v) is 6.68. The summed E-state index contributed by atoms with van der Waals surface area (Å²) in [6, 6.07) is 5.12. The van der Waals surface area contributed by atoms with Crippen molar-refractivity contribution in [1.29, 1.82) is 0 Å². The number of fused-ring (bicyclic) bond motifs is 2. The van der Waals surface area contributed by atoms with Gasteiger partial charge in [-0.3, -0.25) is 0 Å². The number of benzene rings is 1. The molecule has 2 aliphatic heterocycles. The van der Waals surface area contributed by atoms with Crippen LogP contribution in [0.3, 0.4) is 0 Å². The van der Waals surface area contributed by atoms with Crippen LogP contribution in [0.5, 0.6) is 0 Å².